The summed E-state index contributed by atoms with van der Waals surface area (Å²) >= 11 is 0. The zero-order valence-corrected chi connectivity index (χ0v) is 19.5. The van der Waals surface area contributed by atoms with E-state index in [0.29, 0.717) is 34.9 Å². The zero-order valence-electron chi connectivity index (χ0n) is 19.5. The molecule has 3 N–H and O–H groups in total. The van der Waals surface area contributed by atoms with Crippen LogP contribution in [-0.4, -0.2) is 26.6 Å². The highest BCUT2D eigenvalue weighted by Crippen LogP contribution is 2.43. The molecule has 0 amide bonds. The zero-order chi connectivity index (χ0) is 24.5. The molecule has 0 aliphatic rings. The Morgan fingerprint density at radius 2 is 1.60 bits per heavy atom. The van der Waals surface area contributed by atoms with Crippen molar-refractivity contribution >= 4 is 10.8 Å². The number of phenolic OH excluding ortho intramolecular Hbond substituents is 2. The van der Waals surface area contributed by atoms with Crippen LogP contribution in [0, 0.1) is 6.92 Å². The van der Waals surface area contributed by atoms with E-state index in [1.807, 2.05) is 74.5 Å². The van der Waals surface area contributed by atoms with E-state index in [4.69, 9.17) is 4.74 Å². The van der Waals surface area contributed by atoms with E-state index in [1.165, 1.54) is 4.68 Å². The van der Waals surface area contributed by atoms with Crippen LogP contribution < -0.4 is 10.3 Å². The molecule has 176 valence electrons. The van der Waals surface area contributed by atoms with E-state index < -0.39 is 5.92 Å². The minimum absolute atomic E-state index is 0.0176. The van der Waals surface area contributed by atoms with Crippen molar-refractivity contribution in [2.75, 3.05) is 6.61 Å². The molecule has 5 aromatic rings. The predicted molar refractivity (Wildman–Crippen MR) is 137 cm³/mol. The van der Waals surface area contributed by atoms with Crippen LogP contribution in [0.15, 0.2) is 89.7 Å². The van der Waals surface area contributed by atoms with Gasteiger partial charge in [-0.05, 0) is 60.5 Å². The van der Waals surface area contributed by atoms with Crippen molar-refractivity contribution in [2.45, 2.75) is 19.8 Å². The Hall–Kier alpha value is -4.45. The third-order valence-corrected chi connectivity index (χ3v) is 6.27. The molecular formula is C29H26N2O4. The minimum atomic E-state index is -0.616. The van der Waals surface area contributed by atoms with Crippen molar-refractivity contribution in [3.63, 3.8) is 0 Å². The number of fused-ring (bicyclic) bond motifs is 1. The van der Waals surface area contributed by atoms with E-state index in [1.54, 1.807) is 24.3 Å². The van der Waals surface area contributed by atoms with Gasteiger partial charge < -0.3 is 14.9 Å². The average Bonchev–Trinajstić information content (AvgIpc) is 3.17. The monoisotopic (exact) mass is 466 g/mol. The van der Waals surface area contributed by atoms with Crippen LogP contribution in [0.1, 0.15) is 35.2 Å². The maximum Gasteiger partial charge on any atom is 0.275 e. The summed E-state index contributed by atoms with van der Waals surface area (Å²) in [5.74, 6) is -0.184. The first-order chi connectivity index (χ1) is 17.0. The van der Waals surface area contributed by atoms with E-state index >= 15 is 0 Å². The molecule has 0 radical (unpaired) electrons. The van der Waals surface area contributed by atoms with Crippen molar-refractivity contribution < 1.29 is 14.9 Å². The van der Waals surface area contributed by atoms with Crippen LogP contribution in [-0.2, 0) is 0 Å². The molecule has 0 saturated heterocycles. The van der Waals surface area contributed by atoms with Crippen LogP contribution in [0.5, 0.6) is 17.2 Å². The van der Waals surface area contributed by atoms with Gasteiger partial charge in [-0.2, -0.15) is 0 Å². The number of aromatic hydroxyl groups is 2. The largest absolute Gasteiger partial charge is 0.508 e. The second-order valence-electron chi connectivity index (χ2n) is 8.44. The number of aromatic nitrogens is 2. The van der Waals surface area contributed by atoms with Crippen LogP contribution in [0.25, 0.3) is 16.5 Å². The number of hydrogen-bond acceptors (Lipinski definition) is 4. The number of nitrogens with one attached hydrogen (secondary N) is 1. The minimum Gasteiger partial charge on any atom is -0.508 e. The van der Waals surface area contributed by atoms with Gasteiger partial charge in [-0.15, -0.1) is 0 Å². The molecule has 0 saturated carbocycles. The number of hydrogen-bond donors (Lipinski definition) is 3. The quantitative estimate of drug-likeness (QED) is 0.303. The molecule has 6 heteroatoms. The summed E-state index contributed by atoms with van der Waals surface area (Å²) in [6.45, 7) is 4.08. The molecule has 1 atom stereocenters. The number of H-pyrrole nitrogens is 1. The van der Waals surface area contributed by atoms with E-state index in [9.17, 15) is 15.0 Å². The summed E-state index contributed by atoms with van der Waals surface area (Å²) < 4.78 is 7.17. The maximum absolute atomic E-state index is 13.9. The van der Waals surface area contributed by atoms with Gasteiger partial charge in [0.2, 0.25) is 0 Å². The topological polar surface area (TPSA) is 87.5 Å². The number of aryl methyl sites for hydroxylation is 1. The first-order valence-corrected chi connectivity index (χ1v) is 11.5. The molecule has 1 heterocycles. The summed E-state index contributed by atoms with van der Waals surface area (Å²) in [5, 5.41) is 26.5. The fourth-order valence-corrected chi connectivity index (χ4v) is 4.70. The number of para-hydroxylation sites is 1. The third kappa shape index (κ3) is 3.93. The van der Waals surface area contributed by atoms with Gasteiger partial charge in [0.25, 0.3) is 5.56 Å². The SMILES string of the molecule is CCOc1cc(C(c2c(C)[nH]n(-c3ccccc3)c2=O)c2c(O)ccc3ccccc23)ccc1O. The lowest BCUT2D eigenvalue weighted by atomic mass is 9.82. The number of benzene rings is 4. The summed E-state index contributed by atoms with van der Waals surface area (Å²) in [6.07, 6.45) is 0. The number of rotatable bonds is 6. The highest BCUT2D eigenvalue weighted by Gasteiger charge is 2.29. The average molecular weight is 467 g/mol. The van der Waals surface area contributed by atoms with Crippen LogP contribution in [0.3, 0.4) is 0 Å². The number of phenols is 2. The van der Waals surface area contributed by atoms with Crippen LogP contribution >= 0.6 is 0 Å². The van der Waals surface area contributed by atoms with Gasteiger partial charge in [0.05, 0.1) is 17.9 Å². The van der Waals surface area contributed by atoms with Gasteiger partial charge in [0.15, 0.2) is 11.5 Å². The van der Waals surface area contributed by atoms with Crippen LogP contribution in [0.2, 0.25) is 0 Å². The number of ether oxygens (including phenoxy) is 1. The van der Waals surface area contributed by atoms with Crippen LogP contribution in [0.4, 0.5) is 0 Å². The van der Waals surface area contributed by atoms with Gasteiger partial charge in [-0.25, -0.2) is 4.68 Å². The first kappa shape index (κ1) is 22.3. The maximum atomic E-state index is 13.9. The van der Waals surface area contributed by atoms with Gasteiger partial charge in [0, 0.05) is 17.2 Å². The molecule has 0 aliphatic carbocycles. The molecule has 0 fully saturated rings. The molecular weight excluding hydrogens is 440 g/mol. The van der Waals surface area contributed by atoms with Crippen molar-refractivity contribution in [2.24, 2.45) is 0 Å². The van der Waals surface area contributed by atoms with Gasteiger partial charge in [0.1, 0.15) is 5.75 Å². The molecule has 0 spiro atoms. The lowest BCUT2D eigenvalue weighted by Crippen LogP contribution is -2.21. The predicted octanol–water partition coefficient (Wildman–Crippen LogP) is 5.62. The summed E-state index contributed by atoms with van der Waals surface area (Å²) in [5.41, 5.74) is 3.04. The normalized spacial score (nSPS) is 12.1. The molecule has 35 heavy (non-hydrogen) atoms. The lowest BCUT2D eigenvalue weighted by Gasteiger charge is -2.21. The molecule has 1 unspecified atom stereocenters. The number of aromatic amines is 1. The molecule has 4 aromatic carbocycles. The second kappa shape index (κ2) is 9.06. The Labute approximate surface area is 202 Å². The van der Waals surface area contributed by atoms with Gasteiger partial charge in [-0.1, -0.05) is 54.6 Å². The standard InChI is InChI=1S/C29H26N2O4/c1-3-35-25-17-20(14-15-23(25)32)27(28-22-12-8-7-9-19(22)13-16-24(28)33)26-18(2)30-31(29(26)34)21-10-5-4-6-11-21/h4-17,27,30,32-33H,3H2,1-2H3. The first-order valence-electron chi connectivity index (χ1n) is 11.5. The Balaban J connectivity index is 1.83. The van der Waals surface area contributed by atoms with Crippen molar-refractivity contribution in [1.82, 2.24) is 9.78 Å². The highest BCUT2D eigenvalue weighted by atomic mass is 16.5. The van der Waals surface area contributed by atoms with Gasteiger partial charge in [-0.3, -0.25) is 9.89 Å². The Kier molecular flexibility index (Phi) is 5.79. The van der Waals surface area contributed by atoms with Crippen molar-refractivity contribution in [3.8, 4) is 22.9 Å². The number of nitrogens with zero attached hydrogens (tertiary/aromatic N) is 1. The Bertz CT molecular complexity index is 1570. The van der Waals surface area contributed by atoms with E-state index in [-0.39, 0.29) is 17.1 Å². The molecule has 0 aliphatic heterocycles. The molecule has 5 rings (SSSR count). The van der Waals surface area contributed by atoms with E-state index in [2.05, 4.69) is 5.10 Å². The molecule has 1 aromatic heterocycles. The van der Waals surface area contributed by atoms with Crippen molar-refractivity contribution in [3.05, 3.63) is 118 Å². The highest BCUT2D eigenvalue weighted by molar-refractivity contribution is 5.89. The lowest BCUT2D eigenvalue weighted by molar-refractivity contribution is 0.317. The van der Waals surface area contributed by atoms with E-state index in [0.717, 1.165) is 16.3 Å². The Morgan fingerprint density at radius 3 is 2.37 bits per heavy atom. The molecule has 0 bridgehead atoms. The third-order valence-electron chi connectivity index (χ3n) is 6.27. The smallest absolute Gasteiger partial charge is 0.275 e. The second-order valence-corrected chi connectivity index (χ2v) is 8.44. The fraction of sp³-hybridized carbons (Fsp3) is 0.138. The summed E-state index contributed by atoms with van der Waals surface area (Å²) in [6, 6.07) is 25.7. The fourth-order valence-electron chi connectivity index (χ4n) is 4.70. The molecule has 6 nitrogen and oxygen atoms in total. The van der Waals surface area contributed by atoms with Gasteiger partial charge >= 0.3 is 0 Å². The summed E-state index contributed by atoms with van der Waals surface area (Å²) in [4.78, 5) is 13.9. The Morgan fingerprint density at radius 1 is 0.886 bits per heavy atom. The summed E-state index contributed by atoms with van der Waals surface area (Å²) in [7, 11) is 0. The van der Waals surface area contributed by atoms with Crippen molar-refractivity contribution in [1.29, 1.82) is 0 Å².